The van der Waals surface area contributed by atoms with E-state index in [1.165, 1.54) is 0 Å². The van der Waals surface area contributed by atoms with Crippen LogP contribution in [0.2, 0.25) is 0 Å². The van der Waals surface area contributed by atoms with Crippen molar-refractivity contribution in [3.8, 4) is 0 Å². The van der Waals surface area contributed by atoms with Crippen LogP contribution in [0.3, 0.4) is 0 Å². The molecule has 2 atom stereocenters. The molecule has 0 bridgehead atoms. The zero-order valence-corrected chi connectivity index (χ0v) is 11.4. The molecule has 0 aliphatic carbocycles. The van der Waals surface area contributed by atoms with Crippen molar-refractivity contribution in [2.24, 2.45) is 0 Å². The predicted octanol–water partition coefficient (Wildman–Crippen LogP) is 2.74. The molecule has 0 spiro atoms. The fraction of sp³-hybridized carbons (Fsp3) is 0.294. The first-order valence-corrected chi connectivity index (χ1v) is 6.64. The van der Waals surface area contributed by atoms with Gasteiger partial charge >= 0.3 is 0 Å². The second-order valence-electron chi connectivity index (χ2n) is 5.52. The standard InChI is InChI=1S/C17H19NO/c1-16(14-9-5-3-6-10-14)17(19,13-18(16)2)15-11-7-4-8-12-15/h3-12,19H,13H2,1-2H3. The van der Waals surface area contributed by atoms with Gasteiger partial charge in [0.1, 0.15) is 5.60 Å². The zero-order chi connectivity index (χ0) is 13.5. The third kappa shape index (κ3) is 1.57. The molecule has 2 unspecified atom stereocenters. The van der Waals surface area contributed by atoms with Crippen molar-refractivity contribution >= 4 is 0 Å². The summed E-state index contributed by atoms with van der Waals surface area (Å²) in [6.07, 6.45) is 0. The number of nitrogens with zero attached hydrogens (tertiary/aromatic N) is 1. The van der Waals surface area contributed by atoms with E-state index >= 15 is 0 Å². The first-order valence-electron chi connectivity index (χ1n) is 6.64. The summed E-state index contributed by atoms with van der Waals surface area (Å²) in [4.78, 5) is 2.20. The normalized spacial score (nSPS) is 30.9. The number of rotatable bonds is 2. The van der Waals surface area contributed by atoms with Gasteiger partial charge in [-0.2, -0.15) is 0 Å². The predicted molar refractivity (Wildman–Crippen MR) is 76.8 cm³/mol. The molecule has 2 heteroatoms. The van der Waals surface area contributed by atoms with Gasteiger partial charge in [-0.05, 0) is 25.1 Å². The molecule has 1 aliphatic heterocycles. The summed E-state index contributed by atoms with van der Waals surface area (Å²) in [7, 11) is 2.06. The number of aliphatic hydroxyl groups is 1. The summed E-state index contributed by atoms with van der Waals surface area (Å²) < 4.78 is 0. The van der Waals surface area contributed by atoms with Crippen molar-refractivity contribution in [3.05, 3.63) is 71.8 Å². The molecular formula is C17H19NO. The minimum Gasteiger partial charge on any atom is -0.381 e. The molecule has 1 aliphatic rings. The van der Waals surface area contributed by atoms with Gasteiger partial charge in [0, 0.05) is 6.54 Å². The molecule has 0 radical (unpaired) electrons. The van der Waals surface area contributed by atoms with E-state index in [9.17, 15) is 5.11 Å². The van der Waals surface area contributed by atoms with Crippen molar-refractivity contribution in [1.29, 1.82) is 0 Å². The Morgan fingerprint density at radius 3 is 1.84 bits per heavy atom. The van der Waals surface area contributed by atoms with Crippen LogP contribution >= 0.6 is 0 Å². The molecule has 1 N–H and O–H groups in total. The third-order valence-electron chi connectivity index (χ3n) is 4.62. The largest absolute Gasteiger partial charge is 0.381 e. The number of benzene rings is 2. The lowest BCUT2D eigenvalue weighted by molar-refractivity contribution is -0.213. The van der Waals surface area contributed by atoms with Crippen molar-refractivity contribution < 1.29 is 5.11 Å². The summed E-state index contributed by atoms with van der Waals surface area (Å²) in [6, 6.07) is 20.2. The highest BCUT2D eigenvalue weighted by atomic mass is 16.3. The molecule has 19 heavy (non-hydrogen) atoms. The van der Waals surface area contributed by atoms with Crippen LogP contribution in [-0.2, 0) is 11.1 Å². The Labute approximate surface area is 114 Å². The minimum absolute atomic E-state index is 0.379. The molecular weight excluding hydrogens is 234 g/mol. The first kappa shape index (κ1) is 12.4. The second-order valence-corrected chi connectivity index (χ2v) is 5.52. The van der Waals surface area contributed by atoms with E-state index in [4.69, 9.17) is 0 Å². The Morgan fingerprint density at radius 2 is 1.37 bits per heavy atom. The van der Waals surface area contributed by atoms with Crippen LogP contribution in [0.5, 0.6) is 0 Å². The zero-order valence-electron chi connectivity index (χ0n) is 11.4. The number of hydrogen-bond acceptors (Lipinski definition) is 2. The van der Waals surface area contributed by atoms with Crippen LogP contribution in [0, 0.1) is 0 Å². The Morgan fingerprint density at radius 1 is 0.895 bits per heavy atom. The Balaban J connectivity index is 2.10. The molecule has 2 nitrogen and oxygen atoms in total. The average Bonchev–Trinajstić information content (AvgIpc) is 2.48. The summed E-state index contributed by atoms with van der Waals surface area (Å²) >= 11 is 0. The molecule has 1 heterocycles. The van der Waals surface area contributed by atoms with Gasteiger partial charge in [0.05, 0.1) is 5.54 Å². The number of hydrogen-bond donors (Lipinski definition) is 1. The van der Waals surface area contributed by atoms with E-state index in [1.807, 2.05) is 48.5 Å². The van der Waals surface area contributed by atoms with Crippen LogP contribution < -0.4 is 0 Å². The maximum absolute atomic E-state index is 11.2. The lowest BCUT2D eigenvalue weighted by Crippen LogP contribution is -2.71. The summed E-state index contributed by atoms with van der Waals surface area (Å²) in [6.45, 7) is 2.77. The van der Waals surface area contributed by atoms with Crippen molar-refractivity contribution in [2.75, 3.05) is 13.6 Å². The fourth-order valence-electron chi connectivity index (χ4n) is 3.19. The van der Waals surface area contributed by atoms with E-state index in [0.717, 1.165) is 11.1 Å². The maximum Gasteiger partial charge on any atom is 0.124 e. The lowest BCUT2D eigenvalue weighted by Gasteiger charge is -2.61. The van der Waals surface area contributed by atoms with Crippen molar-refractivity contribution in [2.45, 2.75) is 18.1 Å². The van der Waals surface area contributed by atoms with E-state index in [0.29, 0.717) is 6.54 Å². The van der Waals surface area contributed by atoms with Gasteiger partial charge < -0.3 is 5.11 Å². The lowest BCUT2D eigenvalue weighted by atomic mass is 9.64. The highest BCUT2D eigenvalue weighted by molar-refractivity contribution is 5.39. The van der Waals surface area contributed by atoms with E-state index in [-0.39, 0.29) is 5.54 Å². The summed E-state index contributed by atoms with van der Waals surface area (Å²) in [5.74, 6) is 0. The van der Waals surface area contributed by atoms with Gasteiger partial charge in [-0.1, -0.05) is 60.7 Å². The molecule has 2 aromatic rings. The van der Waals surface area contributed by atoms with Gasteiger partial charge in [-0.3, -0.25) is 4.90 Å². The van der Waals surface area contributed by atoms with E-state index in [1.54, 1.807) is 0 Å². The highest BCUT2D eigenvalue weighted by Crippen LogP contribution is 2.52. The number of β-amino-alcohol motifs (C(OH)–C–C–N with tert-alkyl or cyclic N) is 1. The third-order valence-corrected chi connectivity index (χ3v) is 4.62. The van der Waals surface area contributed by atoms with Crippen molar-refractivity contribution in [1.82, 2.24) is 4.90 Å². The smallest absolute Gasteiger partial charge is 0.124 e. The van der Waals surface area contributed by atoms with Gasteiger partial charge in [0.15, 0.2) is 0 Å². The van der Waals surface area contributed by atoms with Crippen LogP contribution in [-0.4, -0.2) is 23.6 Å². The fourth-order valence-corrected chi connectivity index (χ4v) is 3.19. The first-order chi connectivity index (χ1) is 9.09. The van der Waals surface area contributed by atoms with Gasteiger partial charge in [-0.15, -0.1) is 0 Å². The molecule has 0 amide bonds. The van der Waals surface area contributed by atoms with E-state index < -0.39 is 5.60 Å². The molecule has 1 fully saturated rings. The Hall–Kier alpha value is -1.64. The van der Waals surface area contributed by atoms with Gasteiger partial charge in [0.25, 0.3) is 0 Å². The van der Waals surface area contributed by atoms with Gasteiger partial charge in [-0.25, -0.2) is 0 Å². The van der Waals surface area contributed by atoms with E-state index in [2.05, 4.69) is 31.0 Å². The molecule has 0 aromatic heterocycles. The molecule has 3 rings (SSSR count). The maximum atomic E-state index is 11.2. The van der Waals surface area contributed by atoms with Crippen LogP contribution in [0.1, 0.15) is 18.1 Å². The van der Waals surface area contributed by atoms with Gasteiger partial charge in [0.2, 0.25) is 0 Å². The number of likely N-dealkylation sites (tertiary alicyclic amines) is 1. The van der Waals surface area contributed by atoms with Crippen molar-refractivity contribution in [3.63, 3.8) is 0 Å². The quantitative estimate of drug-likeness (QED) is 0.889. The minimum atomic E-state index is -0.829. The second kappa shape index (κ2) is 4.19. The highest BCUT2D eigenvalue weighted by Gasteiger charge is 2.60. The average molecular weight is 253 g/mol. The Kier molecular flexibility index (Phi) is 2.73. The molecule has 0 saturated carbocycles. The number of likely N-dealkylation sites (N-methyl/N-ethyl adjacent to an activating group) is 1. The van der Waals surface area contributed by atoms with Crippen LogP contribution in [0.4, 0.5) is 0 Å². The van der Waals surface area contributed by atoms with Crippen LogP contribution in [0.25, 0.3) is 0 Å². The SMILES string of the molecule is CN1CC(O)(c2ccccc2)C1(C)c1ccccc1. The Bertz CT molecular complexity index is 568. The molecule has 1 saturated heterocycles. The molecule has 98 valence electrons. The summed E-state index contributed by atoms with van der Waals surface area (Å²) in [5, 5.41) is 11.2. The van der Waals surface area contributed by atoms with Crippen LogP contribution in [0.15, 0.2) is 60.7 Å². The summed E-state index contributed by atoms with van der Waals surface area (Å²) in [5.41, 5.74) is 0.925. The molecule has 2 aromatic carbocycles. The topological polar surface area (TPSA) is 23.5 Å². The monoisotopic (exact) mass is 253 g/mol.